The van der Waals surface area contributed by atoms with Crippen LogP contribution in [0.15, 0.2) is 48.5 Å². The molecule has 0 saturated heterocycles. The summed E-state index contributed by atoms with van der Waals surface area (Å²) in [6.07, 6.45) is -0.603. The predicted octanol–water partition coefficient (Wildman–Crippen LogP) is 3.17. The summed E-state index contributed by atoms with van der Waals surface area (Å²) in [7, 11) is 0. The minimum absolute atomic E-state index is 0.122. The van der Waals surface area contributed by atoms with Crippen LogP contribution in [0.1, 0.15) is 35.6 Å². The molecule has 3 heteroatoms. The highest BCUT2D eigenvalue weighted by atomic mass is 16.5. The van der Waals surface area contributed by atoms with Crippen LogP contribution in [0.2, 0.25) is 0 Å². The van der Waals surface area contributed by atoms with Crippen molar-refractivity contribution in [3.05, 3.63) is 65.2 Å². The largest absolute Gasteiger partial charge is 0.494 e. The summed E-state index contributed by atoms with van der Waals surface area (Å²) in [5, 5.41) is 10.6. The van der Waals surface area contributed by atoms with Crippen LogP contribution >= 0.6 is 0 Å². The first-order valence-electron chi connectivity index (χ1n) is 7.33. The van der Waals surface area contributed by atoms with Crippen molar-refractivity contribution in [2.45, 2.75) is 25.9 Å². The molecule has 0 heterocycles. The third-order valence-corrected chi connectivity index (χ3v) is 3.67. The molecule has 3 nitrogen and oxygen atoms in total. The summed E-state index contributed by atoms with van der Waals surface area (Å²) in [5.74, 6) is 0.713. The molecule has 0 aliphatic heterocycles. The first-order valence-corrected chi connectivity index (χ1v) is 7.33. The Morgan fingerprint density at radius 3 is 2.10 bits per heavy atom. The van der Waals surface area contributed by atoms with Gasteiger partial charge >= 0.3 is 0 Å². The van der Waals surface area contributed by atoms with Crippen LogP contribution in [0.3, 0.4) is 0 Å². The van der Waals surface area contributed by atoms with Crippen LogP contribution in [-0.4, -0.2) is 18.3 Å². The number of nitrogens with two attached hydrogens (primary N) is 1. The molecule has 2 rings (SSSR count). The highest BCUT2D eigenvalue weighted by molar-refractivity contribution is 5.33. The Bertz CT molecular complexity index is 548. The number of hydrogen-bond donors (Lipinski definition) is 2. The fourth-order valence-corrected chi connectivity index (χ4v) is 2.42. The van der Waals surface area contributed by atoms with Gasteiger partial charge in [-0.05, 0) is 37.1 Å². The predicted molar refractivity (Wildman–Crippen MR) is 85.5 cm³/mol. The van der Waals surface area contributed by atoms with Crippen LogP contribution in [0.25, 0.3) is 0 Å². The number of benzene rings is 2. The van der Waals surface area contributed by atoms with Gasteiger partial charge in [0.15, 0.2) is 0 Å². The molecule has 0 aromatic heterocycles. The first-order chi connectivity index (χ1) is 10.2. The summed E-state index contributed by atoms with van der Waals surface area (Å²) >= 11 is 0. The van der Waals surface area contributed by atoms with Crippen molar-refractivity contribution < 1.29 is 9.84 Å². The second kappa shape index (κ2) is 7.25. The number of hydrogen-bond acceptors (Lipinski definition) is 3. The Morgan fingerprint density at radius 2 is 1.57 bits per heavy atom. The first kappa shape index (κ1) is 15.5. The van der Waals surface area contributed by atoms with Gasteiger partial charge in [0.25, 0.3) is 0 Å². The van der Waals surface area contributed by atoms with E-state index in [4.69, 9.17) is 10.5 Å². The molecule has 0 aliphatic carbocycles. The zero-order valence-electron chi connectivity index (χ0n) is 12.6. The summed E-state index contributed by atoms with van der Waals surface area (Å²) in [6, 6.07) is 15.7. The Hall–Kier alpha value is -1.84. The zero-order valence-corrected chi connectivity index (χ0v) is 12.6. The van der Waals surface area contributed by atoms with Crippen molar-refractivity contribution >= 4 is 0 Å². The van der Waals surface area contributed by atoms with E-state index in [9.17, 15) is 5.11 Å². The Kier molecular flexibility index (Phi) is 5.37. The van der Waals surface area contributed by atoms with Crippen molar-refractivity contribution in [1.82, 2.24) is 0 Å². The highest BCUT2D eigenvalue weighted by Crippen LogP contribution is 2.31. The maximum Gasteiger partial charge on any atom is 0.119 e. The summed E-state index contributed by atoms with van der Waals surface area (Å²) < 4.78 is 5.44. The minimum Gasteiger partial charge on any atom is -0.494 e. The quantitative estimate of drug-likeness (QED) is 0.857. The monoisotopic (exact) mass is 285 g/mol. The van der Waals surface area contributed by atoms with Gasteiger partial charge in [0.1, 0.15) is 5.75 Å². The van der Waals surface area contributed by atoms with E-state index < -0.39 is 6.10 Å². The molecule has 0 spiro atoms. The van der Waals surface area contributed by atoms with Crippen LogP contribution in [-0.2, 0) is 0 Å². The molecular weight excluding hydrogens is 262 g/mol. The second-order valence-electron chi connectivity index (χ2n) is 5.20. The average molecular weight is 285 g/mol. The third kappa shape index (κ3) is 3.84. The lowest BCUT2D eigenvalue weighted by Crippen LogP contribution is -2.20. The van der Waals surface area contributed by atoms with Crippen LogP contribution in [0.4, 0.5) is 0 Å². The van der Waals surface area contributed by atoms with Gasteiger partial charge in [-0.2, -0.15) is 0 Å². The van der Waals surface area contributed by atoms with Gasteiger partial charge in [-0.15, -0.1) is 0 Å². The molecule has 0 aliphatic rings. The van der Waals surface area contributed by atoms with Gasteiger partial charge in [0.2, 0.25) is 0 Å². The lowest BCUT2D eigenvalue weighted by molar-refractivity contribution is 0.147. The zero-order chi connectivity index (χ0) is 15.2. The van der Waals surface area contributed by atoms with E-state index in [0.717, 1.165) is 16.9 Å². The average Bonchev–Trinajstić information content (AvgIpc) is 2.50. The number of ether oxygens (including phenoxy) is 1. The van der Waals surface area contributed by atoms with Crippen molar-refractivity contribution in [3.63, 3.8) is 0 Å². The molecule has 0 radical (unpaired) electrons. The normalized spacial score (nSPS) is 13.7. The van der Waals surface area contributed by atoms with Crippen molar-refractivity contribution in [2.24, 2.45) is 5.73 Å². The fourth-order valence-electron chi connectivity index (χ4n) is 2.42. The van der Waals surface area contributed by atoms with Gasteiger partial charge in [-0.25, -0.2) is 0 Å². The standard InChI is InChI=1S/C18H23NO2/c1-3-21-16-10-8-14(9-11-16)17(12-19)18(20)15-6-4-13(2)5-7-15/h4-11,17-18,20H,3,12,19H2,1-2H3. The molecular formula is C18H23NO2. The number of rotatable bonds is 6. The maximum absolute atomic E-state index is 10.6. The van der Waals surface area contributed by atoms with Gasteiger partial charge in [0.05, 0.1) is 12.7 Å². The van der Waals surface area contributed by atoms with E-state index in [-0.39, 0.29) is 5.92 Å². The Morgan fingerprint density at radius 1 is 1.00 bits per heavy atom. The molecule has 112 valence electrons. The summed E-state index contributed by atoms with van der Waals surface area (Å²) in [4.78, 5) is 0. The second-order valence-corrected chi connectivity index (χ2v) is 5.20. The van der Waals surface area contributed by atoms with E-state index in [1.807, 2.05) is 62.4 Å². The van der Waals surface area contributed by atoms with Crippen LogP contribution in [0.5, 0.6) is 5.75 Å². The van der Waals surface area contributed by atoms with E-state index in [0.29, 0.717) is 13.2 Å². The third-order valence-electron chi connectivity index (χ3n) is 3.67. The molecule has 2 atom stereocenters. The lowest BCUT2D eigenvalue weighted by atomic mass is 9.89. The molecule has 0 amide bonds. The number of aliphatic hydroxyl groups excluding tert-OH is 1. The molecule has 0 bridgehead atoms. The van der Waals surface area contributed by atoms with Gasteiger partial charge in [-0.3, -0.25) is 0 Å². The topological polar surface area (TPSA) is 55.5 Å². The van der Waals surface area contributed by atoms with Gasteiger partial charge in [-0.1, -0.05) is 42.0 Å². The number of aryl methyl sites for hydroxylation is 1. The summed E-state index contributed by atoms with van der Waals surface area (Å²) in [5.41, 5.74) is 8.97. The molecule has 21 heavy (non-hydrogen) atoms. The van der Waals surface area contributed by atoms with Crippen molar-refractivity contribution in [3.8, 4) is 5.75 Å². The molecule has 2 aromatic carbocycles. The Balaban J connectivity index is 2.19. The van der Waals surface area contributed by atoms with Gasteiger partial charge in [0, 0.05) is 12.5 Å². The van der Waals surface area contributed by atoms with E-state index in [1.165, 1.54) is 5.56 Å². The number of aliphatic hydroxyl groups is 1. The molecule has 0 saturated carbocycles. The van der Waals surface area contributed by atoms with Crippen molar-refractivity contribution in [1.29, 1.82) is 0 Å². The minimum atomic E-state index is -0.603. The van der Waals surface area contributed by atoms with E-state index in [2.05, 4.69) is 0 Å². The smallest absolute Gasteiger partial charge is 0.119 e. The highest BCUT2D eigenvalue weighted by Gasteiger charge is 2.21. The van der Waals surface area contributed by atoms with E-state index >= 15 is 0 Å². The molecule has 2 aromatic rings. The summed E-state index contributed by atoms with van der Waals surface area (Å²) in [6.45, 7) is 5.02. The fraction of sp³-hybridized carbons (Fsp3) is 0.333. The SMILES string of the molecule is CCOc1ccc(C(CN)C(O)c2ccc(C)cc2)cc1. The van der Waals surface area contributed by atoms with Crippen molar-refractivity contribution in [2.75, 3.05) is 13.2 Å². The van der Waals surface area contributed by atoms with Crippen LogP contribution in [0, 0.1) is 6.92 Å². The molecule has 3 N–H and O–H groups in total. The molecule has 0 fully saturated rings. The van der Waals surface area contributed by atoms with Gasteiger partial charge < -0.3 is 15.6 Å². The van der Waals surface area contributed by atoms with E-state index in [1.54, 1.807) is 0 Å². The molecule has 2 unspecified atom stereocenters. The maximum atomic E-state index is 10.6. The Labute approximate surface area is 126 Å². The lowest BCUT2D eigenvalue weighted by Gasteiger charge is -2.22. The van der Waals surface area contributed by atoms with Crippen LogP contribution < -0.4 is 10.5 Å².